The van der Waals surface area contributed by atoms with Gasteiger partial charge in [-0.05, 0) is 48.6 Å². The van der Waals surface area contributed by atoms with Crippen molar-refractivity contribution in [3.8, 4) is 0 Å². The van der Waals surface area contributed by atoms with E-state index in [0.29, 0.717) is 6.54 Å². The van der Waals surface area contributed by atoms with E-state index in [1.807, 2.05) is 38.1 Å². The molecule has 2 aromatic carbocycles. The number of aliphatic hydroxyl groups is 1. The van der Waals surface area contributed by atoms with Crippen LogP contribution in [-0.4, -0.2) is 5.11 Å². The number of hydrogen-bond acceptors (Lipinski definition) is 2. The zero-order chi connectivity index (χ0) is 14.0. The van der Waals surface area contributed by atoms with Crippen molar-refractivity contribution < 1.29 is 5.11 Å². The summed E-state index contributed by atoms with van der Waals surface area (Å²) in [5.41, 5.74) is 12.1. The summed E-state index contributed by atoms with van der Waals surface area (Å²) in [6.45, 7) is 6.66. The predicted molar refractivity (Wildman–Crippen MR) is 79.0 cm³/mol. The highest BCUT2D eigenvalue weighted by molar-refractivity contribution is 5.43. The summed E-state index contributed by atoms with van der Waals surface area (Å²) in [6.07, 6.45) is -0.591. The highest BCUT2D eigenvalue weighted by Crippen LogP contribution is 2.29. The van der Waals surface area contributed by atoms with Crippen LogP contribution in [0.1, 0.15) is 39.5 Å². The number of rotatable bonds is 3. The van der Waals surface area contributed by atoms with E-state index in [1.54, 1.807) is 0 Å². The van der Waals surface area contributed by atoms with Crippen LogP contribution in [0.25, 0.3) is 0 Å². The van der Waals surface area contributed by atoms with E-state index < -0.39 is 6.10 Å². The summed E-state index contributed by atoms with van der Waals surface area (Å²) >= 11 is 0. The number of nitrogens with two attached hydrogens (primary N) is 1. The van der Waals surface area contributed by atoms with E-state index >= 15 is 0 Å². The lowest BCUT2D eigenvalue weighted by Gasteiger charge is -2.18. The van der Waals surface area contributed by atoms with Gasteiger partial charge in [0.2, 0.25) is 0 Å². The predicted octanol–water partition coefficient (Wildman–Crippen LogP) is 3.15. The Hall–Kier alpha value is -1.64. The van der Waals surface area contributed by atoms with E-state index in [1.165, 1.54) is 5.56 Å². The number of aryl methyl sites for hydroxylation is 3. The van der Waals surface area contributed by atoms with Gasteiger partial charge in [-0.3, -0.25) is 0 Å². The monoisotopic (exact) mass is 255 g/mol. The Balaban J connectivity index is 2.46. The topological polar surface area (TPSA) is 46.2 Å². The molecular formula is C17H21NO. The Bertz CT molecular complexity index is 567. The smallest absolute Gasteiger partial charge is 0.105 e. The lowest BCUT2D eigenvalue weighted by molar-refractivity contribution is 0.218. The Morgan fingerprint density at radius 3 is 2.26 bits per heavy atom. The number of benzene rings is 2. The lowest BCUT2D eigenvalue weighted by atomic mass is 9.91. The minimum absolute atomic E-state index is 0.492. The van der Waals surface area contributed by atoms with E-state index in [2.05, 4.69) is 19.1 Å². The molecular weight excluding hydrogens is 234 g/mol. The molecule has 0 spiro atoms. The summed E-state index contributed by atoms with van der Waals surface area (Å²) in [5, 5.41) is 10.6. The summed E-state index contributed by atoms with van der Waals surface area (Å²) < 4.78 is 0. The molecule has 19 heavy (non-hydrogen) atoms. The van der Waals surface area contributed by atoms with Gasteiger partial charge in [0.25, 0.3) is 0 Å². The van der Waals surface area contributed by atoms with Crippen molar-refractivity contribution >= 4 is 0 Å². The maximum Gasteiger partial charge on any atom is 0.105 e. The molecule has 0 aliphatic heterocycles. The van der Waals surface area contributed by atoms with E-state index in [-0.39, 0.29) is 0 Å². The molecule has 2 aromatic rings. The fourth-order valence-corrected chi connectivity index (χ4v) is 2.68. The molecule has 0 bridgehead atoms. The van der Waals surface area contributed by atoms with Crippen molar-refractivity contribution in [2.75, 3.05) is 0 Å². The Labute approximate surface area is 114 Å². The van der Waals surface area contributed by atoms with Crippen LogP contribution < -0.4 is 5.73 Å². The van der Waals surface area contributed by atoms with Gasteiger partial charge in [0.15, 0.2) is 0 Å². The standard InChI is InChI=1S/C17H21NO/c1-11-7-12(2)16(13(3)8-11)17(19)15-6-4-5-14(9-15)10-18/h4-9,17,19H,10,18H2,1-3H3. The average molecular weight is 255 g/mol. The van der Waals surface area contributed by atoms with Gasteiger partial charge in [0, 0.05) is 6.54 Å². The number of hydrogen-bond donors (Lipinski definition) is 2. The fourth-order valence-electron chi connectivity index (χ4n) is 2.68. The van der Waals surface area contributed by atoms with Crippen LogP contribution >= 0.6 is 0 Å². The van der Waals surface area contributed by atoms with Crippen molar-refractivity contribution in [3.63, 3.8) is 0 Å². The summed E-state index contributed by atoms with van der Waals surface area (Å²) in [7, 11) is 0. The highest BCUT2D eigenvalue weighted by atomic mass is 16.3. The van der Waals surface area contributed by atoms with Crippen LogP contribution in [0.4, 0.5) is 0 Å². The molecule has 0 aliphatic carbocycles. The first-order valence-corrected chi connectivity index (χ1v) is 6.57. The summed E-state index contributed by atoms with van der Waals surface area (Å²) in [6, 6.07) is 12.1. The molecule has 0 amide bonds. The van der Waals surface area contributed by atoms with Gasteiger partial charge < -0.3 is 10.8 Å². The van der Waals surface area contributed by atoms with E-state index in [0.717, 1.165) is 27.8 Å². The largest absolute Gasteiger partial charge is 0.384 e. The van der Waals surface area contributed by atoms with Gasteiger partial charge in [0.05, 0.1) is 0 Å². The second-order valence-electron chi connectivity index (χ2n) is 5.16. The first-order valence-electron chi connectivity index (χ1n) is 6.57. The third-order valence-electron chi connectivity index (χ3n) is 3.51. The molecule has 0 saturated carbocycles. The average Bonchev–Trinajstić information content (AvgIpc) is 2.37. The van der Waals surface area contributed by atoms with Crippen LogP contribution in [0, 0.1) is 20.8 Å². The van der Waals surface area contributed by atoms with Crippen molar-refractivity contribution in [2.45, 2.75) is 33.4 Å². The van der Waals surface area contributed by atoms with Crippen LogP contribution in [0.5, 0.6) is 0 Å². The molecule has 1 atom stereocenters. The van der Waals surface area contributed by atoms with E-state index in [4.69, 9.17) is 5.73 Å². The van der Waals surface area contributed by atoms with Gasteiger partial charge in [0.1, 0.15) is 6.10 Å². The normalized spacial score (nSPS) is 12.5. The van der Waals surface area contributed by atoms with Gasteiger partial charge in [-0.2, -0.15) is 0 Å². The molecule has 100 valence electrons. The van der Waals surface area contributed by atoms with Crippen molar-refractivity contribution in [3.05, 3.63) is 69.8 Å². The Morgan fingerprint density at radius 2 is 1.68 bits per heavy atom. The van der Waals surface area contributed by atoms with Crippen LogP contribution in [0.2, 0.25) is 0 Å². The molecule has 1 unspecified atom stereocenters. The van der Waals surface area contributed by atoms with Crippen LogP contribution in [-0.2, 0) is 6.54 Å². The maximum absolute atomic E-state index is 10.6. The third-order valence-corrected chi connectivity index (χ3v) is 3.51. The third kappa shape index (κ3) is 2.86. The molecule has 3 N–H and O–H groups in total. The van der Waals surface area contributed by atoms with E-state index in [9.17, 15) is 5.11 Å². The van der Waals surface area contributed by atoms with Gasteiger partial charge in [-0.25, -0.2) is 0 Å². The van der Waals surface area contributed by atoms with Crippen LogP contribution in [0.15, 0.2) is 36.4 Å². The fraction of sp³-hybridized carbons (Fsp3) is 0.294. The second-order valence-corrected chi connectivity index (χ2v) is 5.16. The molecule has 0 radical (unpaired) electrons. The lowest BCUT2D eigenvalue weighted by Crippen LogP contribution is -2.06. The maximum atomic E-state index is 10.6. The minimum atomic E-state index is -0.591. The zero-order valence-corrected chi connectivity index (χ0v) is 11.8. The molecule has 0 saturated heterocycles. The Kier molecular flexibility index (Phi) is 4.03. The van der Waals surface area contributed by atoms with Gasteiger partial charge >= 0.3 is 0 Å². The SMILES string of the molecule is Cc1cc(C)c(C(O)c2cccc(CN)c2)c(C)c1. The van der Waals surface area contributed by atoms with Gasteiger partial charge in [-0.15, -0.1) is 0 Å². The minimum Gasteiger partial charge on any atom is -0.384 e. The van der Waals surface area contributed by atoms with Crippen molar-refractivity contribution in [1.82, 2.24) is 0 Å². The quantitative estimate of drug-likeness (QED) is 0.885. The number of aliphatic hydroxyl groups excluding tert-OH is 1. The molecule has 0 heterocycles. The Morgan fingerprint density at radius 1 is 1.05 bits per heavy atom. The van der Waals surface area contributed by atoms with Gasteiger partial charge in [-0.1, -0.05) is 42.0 Å². The summed E-state index contributed by atoms with van der Waals surface area (Å²) in [5.74, 6) is 0. The molecule has 2 heteroatoms. The van der Waals surface area contributed by atoms with Crippen molar-refractivity contribution in [2.24, 2.45) is 5.73 Å². The zero-order valence-electron chi connectivity index (χ0n) is 11.8. The van der Waals surface area contributed by atoms with Crippen LogP contribution in [0.3, 0.4) is 0 Å². The van der Waals surface area contributed by atoms with Crippen molar-refractivity contribution in [1.29, 1.82) is 0 Å². The molecule has 2 nitrogen and oxygen atoms in total. The molecule has 0 aliphatic rings. The first kappa shape index (κ1) is 13.8. The molecule has 2 rings (SSSR count). The first-order chi connectivity index (χ1) is 9.02. The molecule has 0 aromatic heterocycles. The second kappa shape index (κ2) is 5.55. The highest BCUT2D eigenvalue weighted by Gasteiger charge is 2.16. The summed E-state index contributed by atoms with van der Waals surface area (Å²) in [4.78, 5) is 0. The molecule has 0 fully saturated rings.